The zero-order valence-electron chi connectivity index (χ0n) is 12.6. The molecule has 1 aliphatic heterocycles. The number of amidine groups is 1. The van der Waals surface area contributed by atoms with E-state index in [1.807, 2.05) is 0 Å². The second kappa shape index (κ2) is 5.92. The molecule has 0 saturated heterocycles. The Morgan fingerprint density at radius 3 is 2.54 bits per heavy atom. The van der Waals surface area contributed by atoms with Crippen LogP contribution in [0.1, 0.15) is 17.3 Å². The van der Waals surface area contributed by atoms with Crippen LogP contribution in [0.4, 0.5) is 17.1 Å². The molecule has 3 rings (SSSR count). The summed E-state index contributed by atoms with van der Waals surface area (Å²) in [6.07, 6.45) is 0. The fourth-order valence-corrected chi connectivity index (χ4v) is 2.25. The number of ketones is 1. The van der Waals surface area contributed by atoms with Crippen molar-refractivity contribution in [1.29, 1.82) is 0 Å². The lowest BCUT2D eigenvalue weighted by Gasteiger charge is -2.22. The molecule has 24 heavy (non-hydrogen) atoms. The Balaban J connectivity index is 2.18. The van der Waals surface area contributed by atoms with Gasteiger partial charge in [-0.2, -0.15) is 0 Å². The highest BCUT2D eigenvalue weighted by atomic mass is 16.6. The van der Waals surface area contributed by atoms with Gasteiger partial charge < -0.3 is 0 Å². The molecule has 1 amide bonds. The average Bonchev–Trinajstić information content (AvgIpc) is 2.72. The molecule has 0 aromatic heterocycles. The van der Waals surface area contributed by atoms with Crippen molar-refractivity contribution < 1.29 is 14.5 Å². The highest BCUT2D eigenvalue weighted by molar-refractivity contribution is 6.40. The SMILES string of the molecule is CC(=O)C1=Nc2ccc([N+](=O)[O-])cc2C(=O)N(c2ccccc2)N1. The van der Waals surface area contributed by atoms with E-state index in [2.05, 4.69) is 10.4 Å². The Bertz CT molecular complexity index is 877. The highest BCUT2D eigenvalue weighted by Crippen LogP contribution is 2.29. The lowest BCUT2D eigenvalue weighted by atomic mass is 10.1. The van der Waals surface area contributed by atoms with Crippen LogP contribution >= 0.6 is 0 Å². The second-order valence-electron chi connectivity index (χ2n) is 5.06. The fourth-order valence-electron chi connectivity index (χ4n) is 2.25. The summed E-state index contributed by atoms with van der Waals surface area (Å²) in [5.74, 6) is -0.936. The van der Waals surface area contributed by atoms with Gasteiger partial charge in [0.1, 0.15) is 0 Å². The number of amides is 1. The Hall–Kier alpha value is -3.55. The van der Waals surface area contributed by atoms with Gasteiger partial charge in [0.25, 0.3) is 11.6 Å². The van der Waals surface area contributed by atoms with Crippen molar-refractivity contribution in [2.75, 3.05) is 5.01 Å². The summed E-state index contributed by atoms with van der Waals surface area (Å²) in [6.45, 7) is 1.32. The predicted molar refractivity (Wildman–Crippen MR) is 87.3 cm³/mol. The van der Waals surface area contributed by atoms with Crippen LogP contribution in [0, 0.1) is 10.1 Å². The van der Waals surface area contributed by atoms with Gasteiger partial charge >= 0.3 is 0 Å². The van der Waals surface area contributed by atoms with E-state index in [-0.39, 0.29) is 28.6 Å². The van der Waals surface area contributed by atoms with Gasteiger partial charge in [-0.25, -0.2) is 10.0 Å². The molecule has 0 atom stereocenters. The van der Waals surface area contributed by atoms with Crippen molar-refractivity contribution in [1.82, 2.24) is 5.43 Å². The normalized spacial score (nSPS) is 13.5. The molecule has 1 aliphatic rings. The molecule has 0 radical (unpaired) electrons. The number of aliphatic imine (C=N–C) groups is 1. The number of Topliss-reactive ketones (excluding diaryl/α,β-unsaturated/α-hetero) is 1. The molecule has 120 valence electrons. The quantitative estimate of drug-likeness (QED) is 0.689. The van der Waals surface area contributed by atoms with Crippen LogP contribution in [0.15, 0.2) is 53.5 Å². The zero-order chi connectivity index (χ0) is 17.3. The summed E-state index contributed by atoms with van der Waals surface area (Å²) < 4.78 is 0. The van der Waals surface area contributed by atoms with E-state index in [0.29, 0.717) is 5.69 Å². The zero-order valence-corrected chi connectivity index (χ0v) is 12.6. The Labute approximate surface area is 136 Å². The van der Waals surface area contributed by atoms with Crippen LogP contribution in [0.3, 0.4) is 0 Å². The van der Waals surface area contributed by atoms with Crippen molar-refractivity contribution in [3.8, 4) is 0 Å². The van der Waals surface area contributed by atoms with Gasteiger partial charge in [-0.15, -0.1) is 0 Å². The lowest BCUT2D eigenvalue weighted by molar-refractivity contribution is -0.384. The first-order chi connectivity index (χ1) is 11.5. The van der Waals surface area contributed by atoms with Crippen LogP contribution in [-0.2, 0) is 4.79 Å². The van der Waals surface area contributed by atoms with Gasteiger partial charge in [0, 0.05) is 19.1 Å². The highest BCUT2D eigenvalue weighted by Gasteiger charge is 2.28. The molecule has 1 heterocycles. The maximum atomic E-state index is 12.8. The van der Waals surface area contributed by atoms with Gasteiger partial charge in [0.15, 0.2) is 11.6 Å². The van der Waals surface area contributed by atoms with E-state index in [4.69, 9.17) is 0 Å². The van der Waals surface area contributed by atoms with Gasteiger partial charge in [0.2, 0.25) is 0 Å². The first-order valence-corrected chi connectivity index (χ1v) is 7.01. The number of hydrogen-bond donors (Lipinski definition) is 1. The van der Waals surface area contributed by atoms with E-state index in [1.165, 1.54) is 19.1 Å². The number of nitro groups is 1. The molecule has 0 saturated carbocycles. The van der Waals surface area contributed by atoms with E-state index < -0.39 is 10.8 Å². The third kappa shape index (κ3) is 2.72. The van der Waals surface area contributed by atoms with Gasteiger partial charge in [-0.3, -0.25) is 25.1 Å². The molecule has 1 N–H and O–H groups in total. The van der Waals surface area contributed by atoms with Gasteiger partial charge in [-0.05, 0) is 18.2 Å². The summed E-state index contributed by atoms with van der Waals surface area (Å²) in [5.41, 5.74) is 3.18. The number of fused-ring (bicyclic) bond motifs is 1. The number of hydrogen-bond acceptors (Lipinski definition) is 6. The number of hydrazine groups is 1. The van der Waals surface area contributed by atoms with Crippen molar-refractivity contribution >= 4 is 34.6 Å². The average molecular weight is 324 g/mol. The summed E-state index contributed by atoms with van der Waals surface area (Å²) in [7, 11) is 0. The Morgan fingerprint density at radius 1 is 1.21 bits per heavy atom. The molecule has 8 heteroatoms. The number of nitrogens with zero attached hydrogens (tertiary/aromatic N) is 3. The number of nitro benzene ring substituents is 1. The summed E-state index contributed by atoms with van der Waals surface area (Å²) in [4.78, 5) is 39.1. The summed E-state index contributed by atoms with van der Waals surface area (Å²) in [5, 5.41) is 12.1. The van der Waals surface area contributed by atoms with Gasteiger partial charge in [-0.1, -0.05) is 18.2 Å². The molecule has 0 fully saturated rings. The standard InChI is InChI=1S/C16H12N4O4/c1-10(21)15-17-14-8-7-12(20(23)24)9-13(14)16(22)19(18-15)11-5-3-2-4-6-11/h2-9H,1H3,(H,17,18). The van der Waals surface area contributed by atoms with Crippen molar-refractivity contribution in [3.63, 3.8) is 0 Å². The predicted octanol–water partition coefficient (Wildman–Crippen LogP) is 2.38. The van der Waals surface area contributed by atoms with Crippen molar-refractivity contribution in [2.24, 2.45) is 4.99 Å². The van der Waals surface area contributed by atoms with E-state index >= 15 is 0 Å². The van der Waals surface area contributed by atoms with E-state index in [0.717, 1.165) is 11.1 Å². The molecule has 2 aromatic rings. The Kier molecular flexibility index (Phi) is 3.78. The summed E-state index contributed by atoms with van der Waals surface area (Å²) in [6, 6.07) is 12.3. The van der Waals surface area contributed by atoms with Crippen LogP contribution in [0.2, 0.25) is 0 Å². The molecule has 8 nitrogen and oxygen atoms in total. The molecule has 0 spiro atoms. The number of para-hydroxylation sites is 1. The number of nitrogens with one attached hydrogen (secondary N) is 1. The third-order valence-corrected chi connectivity index (χ3v) is 3.42. The van der Waals surface area contributed by atoms with Crippen molar-refractivity contribution in [2.45, 2.75) is 6.92 Å². The fraction of sp³-hybridized carbons (Fsp3) is 0.0625. The number of non-ortho nitro benzene ring substituents is 1. The minimum absolute atomic E-state index is 0.0280. The number of rotatable bonds is 3. The first-order valence-electron chi connectivity index (χ1n) is 7.01. The number of carbonyl (C=O) groups is 2. The molecular formula is C16H12N4O4. The maximum absolute atomic E-state index is 12.8. The monoisotopic (exact) mass is 324 g/mol. The largest absolute Gasteiger partial charge is 0.291 e. The number of benzene rings is 2. The maximum Gasteiger partial charge on any atom is 0.279 e. The number of carbonyl (C=O) groups excluding carboxylic acids is 2. The minimum atomic E-state index is -0.589. The molecule has 2 aromatic carbocycles. The number of anilines is 1. The van der Waals surface area contributed by atoms with E-state index in [1.54, 1.807) is 30.3 Å². The topological polar surface area (TPSA) is 105 Å². The third-order valence-electron chi connectivity index (χ3n) is 3.42. The molecule has 0 unspecified atom stereocenters. The summed E-state index contributed by atoms with van der Waals surface area (Å²) >= 11 is 0. The van der Waals surface area contributed by atoms with Crippen LogP contribution < -0.4 is 10.4 Å². The lowest BCUT2D eigenvalue weighted by Crippen LogP contribution is -2.47. The van der Waals surface area contributed by atoms with Crippen LogP contribution in [0.5, 0.6) is 0 Å². The molecule has 0 bridgehead atoms. The van der Waals surface area contributed by atoms with E-state index in [9.17, 15) is 19.7 Å². The second-order valence-corrected chi connectivity index (χ2v) is 5.06. The smallest absolute Gasteiger partial charge is 0.279 e. The first kappa shape index (κ1) is 15.3. The van der Waals surface area contributed by atoms with Crippen molar-refractivity contribution in [3.05, 3.63) is 64.2 Å². The van der Waals surface area contributed by atoms with Gasteiger partial charge in [0.05, 0.1) is 21.9 Å². The Morgan fingerprint density at radius 2 is 1.92 bits per heavy atom. The van der Waals surface area contributed by atoms with Crippen LogP contribution in [0.25, 0.3) is 0 Å². The molecule has 0 aliphatic carbocycles. The molecular weight excluding hydrogens is 312 g/mol. The van der Waals surface area contributed by atoms with Crippen LogP contribution in [-0.4, -0.2) is 22.4 Å². The minimum Gasteiger partial charge on any atom is -0.291 e.